The lowest BCUT2D eigenvalue weighted by Crippen LogP contribution is -2.33. The van der Waals surface area contributed by atoms with Gasteiger partial charge in [0, 0.05) is 24.7 Å². The fourth-order valence-electron chi connectivity index (χ4n) is 2.90. The Balaban J connectivity index is 2.07. The highest BCUT2D eigenvalue weighted by atomic mass is 32.2. The smallest absolute Gasteiger partial charge is 0.307 e. The Morgan fingerprint density at radius 1 is 1.58 bits per heavy atom. The predicted molar refractivity (Wildman–Crippen MR) is 76.2 cm³/mol. The van der Waals surface area contributed by atoms with E-state index in [0.29, 0.717) is 5.92 Å². The SMILES string of the molecule is CCCC1CCC(C(=O)O)C(Sc2nccn2C)C1. The Bertz CT molecular complexity index is 433. The highest BCUT2D eigenvalue weighted by molar-refractivity contribution is 7.99. The molecule has 0 bridgehead atoms. The van der Waals surface area contributed by atoms with E-state index in [2.05, 4.69) is 11.9 Å². The molecule has 0 aliphatic heterocycles. The van der Waals surface area contributed by atoms with Crippen LogP contribution in [0.1, 0.15) is 39.0 Å². The molecule has 0 radical (unpaired) electrons. The maximum Gasteiger partial charge on any atom is 0.307 e. The summed E-state index contributed by atoms with van der Waals surface area (Å²) in [5.41, 5.74) is 0. The third-order valence-electron chi connectivity index (χ3n) is 3.95. The first-order valence-corrected chi connectivity index (χ1v) is 7.86. The van der Waals surface area contributed by atoms with Gasteiger partial charge in [-0.25, -0.2) is 4.98 Å². The van der Waals surface area contributed by atoms with Crippen LogP contribution < -0.4 is 0 Å². The number of aryl methyl sites for hydroxylation is 1. The molecule has 1 heterocycles. The number of rotatable bonds is 5. The first kappa shape index (κ1) is 14.4. The van der Waals surface area contributed by atoms with Gasteiger partial charge in [0.15, 0.2) is 5.16 Å². The number of hydrogen-bond donors (Lipinski definition) is 1. The molecule has 0 amide bonds. The van der Waals surface area contributed by atoms with Crippen molar-refractivity contribution >= 4 is 17.7 Å². The summed E-state index contributed by atoms with van der Waals surface area (Å²) in [6, 6.07) is 0. The lowest BCUT2D eigenvalue weighted by molar-refractivity contribution is -0.142. The molecule has 1 aromatic heterocycles. The summed E-state index contributed by atoms with van der Waals surface area (Å²) >= 11 is 1.63. The van der Waals surface area contributed by atoms with Gasteiger partial charge in [-0.3, -0.25) is 4.79 Å². The second kappa shape index (κ2) is 6.46. The molecule has 1 fully saturated rings. The number of thioether (sulfide) groups is 1. The molecular weight excluding hydrogens is 260 g/mol. The van der Waals surface area contributed by atoms with E-state index in [4.69, 9.17) is 0 Å². The number of carboxylic acids is 1. The van der Waals surface area contributed by atoms with Gasteiger partial charge in [0.25, 0.3) is 0 Å². The molecule has 2 rings (SSSR count). The minimum absolute atomic E-state index is 0.156. The van der Waals surface area contributed by atoms with Crippen LogP contribution in [0.4, 0.5) is 0 Å². The highest BCUT2D eigenvalue weighted by Gasteiger charge is 2.35. The lowest BCUT2D eigenvalue weighted by atomic mass is 9.80. The van der Waals surface area contributed by atoms with Crippen LogP contribution in [0.15, 0.2) is 17.6 Å². The molecule has 0 saturated heterocycles. The lowest BCUT2D eigenvalue weighted by Gasteiger charge is -2.33. The maximum atomic E-state index is 11.4. The standard InChI is InChI=1S/C14H22N2O2S/c1-3-4-10-5-6-11(13(17)18)12(9-10)19-14-15-7-8-16(14)2/h7-8,10-12H,3-6,9H2,1-2H3,(H,17,18). The third kappa shape index (κ3) is 3.53. The fourth-order valence-corrected chi connectivity index (χ4v) is 4.30. The van der Waals surface area contributed by atoms with Crippen LogP contribution in [0, 0.1) is 11.8 Å². The van der Waals surface area contributed by atoms with Gasteiger partial charge in [-0.1, -0.05) is 31.5 Å². The summed E-state index contributed by atoms with van der Waals surface area (Å²) in [5, 5.41) is 10.5. The van der Waals surface area contributed by atoms with Crippen molar-refractivity contribution in [3.63, 3.8) is 0 Å². The predicted octanol–water partition coefficient (Wildman–Crippen LogP) is 3.18. The van der Waals surface area contributed by atoms with Gasteiger partial charge in [-0.15, -0.1) is 0 Å². The number of carboxylic acid groups (broad SMARTS) is 1. The van der Waals surface area contributed by atoms with E-state index in [1.54, 1.807) is 18.0 Å². The zero-order chi connectivity index (χ0) is 13.8. The van der Waals surface area contributed by atoms with Gasteiger partial charge in [0.1, 0.15) is 0 Å². The maximum absolute atomic E-state index is 11.4. The normalized spacial score (nSPS) is 27.4. The van der Waals surface area contributed by atoms with Gasteiger partial charge in [-0.05, 0) is 25.2 Å². The van der Waals surface area contributed by atoms with E-state index in [1.807, 2.05) is 17.8 Å². The van der Waals surface area contributed by atoms with E-state index in [1.165, 1.54) is 12.8 Å². The quantitative estimate of drug-likeness (QED) is 0.901. The first-order chi connectivity index (χ1) is 9.11. The summed E-state index contributed by atoms with van der Waals surface area (Å²) in [5.74, 6) is -0.199. The van der Waals surface area contributed by atoms with Crippen molar-refractivity contribution in [3.05, 3.63) is 12.4 Å². The Hall–Kier alpha value is -0.970. The summed E-state index contributed by atoms with van der Waals surface area (Å²) in [7, 11) is 1.96. The largest absolute Gasteiger partial charge is 0.481 e. The molecular formula is C14H22N2O2S. The zero-order valence-electron chi connectivity index (χ0n) is 11.6. The summed E-state index contributed by atoms with van der Waals surface area (Å²) in [6.45, 7) is 2.20. The van der Waals surface area contributed by atoms with Crippen molar-refractivity contribution in [1.82, 2.24) is 9.55 Å². The molecule has 1 saturated carbocycles. The minimum atomic E-state index is -0.651. The number of hydrogen-bond acceptors (Lipinski definition) is 3. The van der Waals surface area contributed by atoms with Gasteiger partial charge in [0.05, 0.1) is 5.92 Å². The van der Waals surface area contributed by atoms with Crippen molar-refractivity contribution in [2.75, 3.05) is 0 Å². The van der Waals surface area contributed by atoms with Gasteiger partial charge >= 0.3 is 5.97 Å². The molecule has 0 aromatic carbocycles. The topological polar surface area (TPSA) is 55.1 Å². The van der Waals surface area contributed by atoms with Crippen molar-refractivity contribution < 1.29 is 9.90 Å². The molecule has 1 N–H and O–H groups in total. The molecule has 5 heteroatoms. The minimum Gasteiger partial charge on any atom is -0.481 e. The van der Waals surface area contributed by atoms with Gasteiger partial charge in [0.2, 0.25) is 0 Å². The molecule has 4 nitrogen and oxygen atoms in total. The Morgan fingerprint density at radius 2 is 2.37 bits per heavy atom. The van der Waals surface area contributed by atoms with Crippen LogP contribution in [0.2, 0.25) is 0 Å². The molecule has 1 aliphatic carbocycles. The molecule has 0 spiro atoms. The Morgan fingerprint density at radius 3 is 2.95 bits per heavy atom. The van der Waals surface area contributed by atoms with Crippen LogP contribution in [0.3, 0.4) is 0 Å². The molecule has 106 valence electrons. The van der Waals surface area contributed by atoms with E-state index in [9.17, 15) is 9.90 Å². The van der Waals surface area contributed by atoms with Crippen molar-refractivity contribution in [2.45, 2.75) is 49.4 Å². The van der Waals surface area contributed by atoms with Crippen LogP contribution in [0.5, 0.6) is 0 Å². The number of imidazole rings is 1. The van der Waals surface area contributed by atoms with Crippen LogP contribution in [0.25, 0.3) is 0 Å². The van der Waals surface area contributed by atoms with E-state index < -0.39 is 5.97 Å². The average Bonchev–Trinajstić information content (AvgIpc) is 2.75. The van der Waals surface area contributed by atoms with Crippen LogP contribution in [-0.4, -0.2) is 25.9 Å². The number of nitrogens with zero attached hydrogens (tertiary/aromatic N) is 2. The number of aromatic nitrogens is 2. The van der Waals surface area contributed by atoms with Crippen molar-refractivity contribution in [3.8, 4) is 0 Å². The fraction of sp³-hybridized carbons (Fsp3) is 0.714. The molecule has 1 aliphatic rings. The van der Waals surface area contributed by atoms with E-state index in [0.717, 1.165) is 24.4 Å². The molecule has 3 unspecified atom stereocenters. The summed E-state index contributed by atoms with van der Waals surface area (Å²) < 4.78 is 1.97. The second-order valence-corrected chi connectivity index (χ2v) is 6.60. The summed E-state index contributed by atoms with van der Waals surface area (Å²) in [6.07, 6.45) is 8.94. The van der Waals surface area contributed by atoms with E-state index >= 15 is 0 Å². The Labute approximate surface area is 118 Å². The second-order valence-electron chi connectivity index (χ2n) is 5.39. The van der Waals surface area contributed by atoms with Crippen molar-refractivity contribution in [2.24, 2.45) is 18.9 Å². The highest BCUT2D eigenvalue weighted by Crippen LogP contribution is 2.40. The number of aliphatic carboxylic acids is 1. The van der Waals surface area contributed by atoms with Crippen molar-refractivity contribution in [1.29, 1.82) is 0 Å². The average molecular weight is 282 g/mol. The molecule has 3 atom stereocenters. The summed E-state index contributed by atoms with van der Waals surface area (Å²) in [4.78, 5) is 15.7. The Kier molecular flexibility index (Phi) is 4.91. The van der Waals surface area contributed by atoms with Crippen LogP contribution >= 0.6 is 11.8 Å². The molecule has 19 heavy (non-hydrogen) atoms. The first-order valence-electron chi connectivity index (χ1n) is 6.98. The van der Waals surface area contributed by atoms with Gasteiger partial charge in [-0.2, -0.15) is 0 Å². The monoisotopic (exact) mass is 282 g/mol. The molecule has 1 aromatic rings. The zero-order valence-corrected chi connectivity index (χ0v) is 12.4. The van der Waals surface area contributed by atoms with E-state index in [-0.39, 0.29) is 11.2 Å². The third-order valence-corrected chi connectivity index (χ3v) is 5.38. The van der Waals surface area contributed by atoms with Gasteiger partial charge < -0.3 is 9.67 Å². The van der Waals surface area contributed by atoms with Crippen LogP contribution in [-0.2, 0) is 11.8 Å². The number of carbonyl (C=O) groups is 1.